The topological polar surface area (TPSA) is 108 Å². The smallest absolute Gasteiger partial charge is 0.250 e. The Bertz CT molecular complexity index is 1230. The molecule has 0 aliphatic carbocycles. The van der Waals surface area contributed by atoms with E-state index in [9.17, 15) is 14.4 Å². The number of hydrogen-bond acceptors (Lipinski definition) is 5. The molecule has 9 heteroatoms. The van der Waals surface area contributed by atoms with Crippen molar-refractivity contribution in [3.05, 3.63) is 59.6 Å². The van der Waals surface area contributed by atoms with Gasteiger partial charge in [-0.1, -0.05) is 61.7 Å². The average Bonchev–Trinajstić information content (AvgIpc) is 3.54. The lowest BCUT2D eigenvalue weighted by atomic mass is 9.65. The molecule has 5 atom stereocenters. The Labute approximate surface area is 234 Å². The van der Waals surface area contributed by atoms with E-state index in [-0.39, 0.29) is 24.3 Å². The first-order chi connectivity index (χ1) is 18.9. The van der Waals surface area contributed by atoms with Gasteiger partial charge in [0.2, 0.25) is 17.7 Å². The van der Waals surface area contributed by atoms with Gasteiger partial charge in [-0.15, -0.1) is 0 Å². The predicted molar refractivity (Wildman–Crippen MR) is 149 cm³/mol. The van der Waals surface area contributed by atoms with Crippen LogP contribution < -0.4 is 10.6 Å². The number of rotatable bonds is 11. The van der Waals surface area contributed by atoms with Crippen LogP contribution >= 0.6 is 11.6 Å². The number of nitrogens with zero attached hydrogens (tertiary/aromatic N) is 1. The number of hydrogen-bond donors (Lipinski definition) is 3. The molecule has 8 nitrogen and oxygen atoms in total. The maximum atomic E-state index is 14.2. The summed E-state index contributed by atoms with van der Waals surface area (Å²) < 4.78 is 6.79. The zero-order valence-electron chi connectivity index (χ0n) is 22.2. The maximum Gasteiger partial charge on any atom is 0.250 e. The zero-order valence-corrected chi connectivity index (χ0v) is 23.0. The van der Waals surface area contributed by atoms with Gasteiger partial charge < -0.3 is 25.4 Å². The Hall–Kier alpha value is -2.94. The Morgan fingerprint density at radius 3 is 2.44 bits per heavy atom. The summed E-state index contributed by atoms with van der Waals surface area (Å²) >= 11 is 6.35. The van der Waals surface area contributed by atoms with Gasteiger partial charge in [0.25, 0.3) is 0 Å². The Morgan fingerprint density at radius 2 is 1.72 bits per heavy atom. The van der Waals surface area contributed by atoms with Crippen LogP contribution in [-0.4, -0.2) is 58.1 Å². The summed E-state index contributed by atoms with van der Waals surface area (Å²) in [5.41, 5.74) is -0.780. The van der Waals surface area contributed by atoms with Crippen molar-refractivity contribution in [2.45, 2.75) is 69.1 Å². The summed E-state index contributed by atoms with van der Waals surface area (Å²) in [5, 5.41) is 15.5. The molecule has 3 saturated heterocycles. The third-order valence-corrected chi connectivity index (χ3v) is 9.02. The SMILES string of the molecule is CC[C@]12CCC3(O1)C(C(=O)Nc1ccccc1Cl)N(CCCCCCO)C(=O)[C@@H]3[C@H]2C(=O)Nc1ccccc1. The minimum Gasteiger partial charge on any atom is -0.396 e. The van der Waals surface area contributed by atoms with Crippen LogP contribution in [0.25, 0.3) is 0 Å². The summed E-state index contributed by atoms with van der Waals surface area (Å²) in [6, 6.07) is 15.3. The number of nitrogens with one attached hydrogen (secondary N) is 2. The van der Waals surface area contributed by atoms with Crippen molar-refractivity contribution in [3.63, 3.8) is 0 Å². The van der Waals surface area contributed by atoms with Crippen LogP contribution in [0.4, 0.5) is 11.4 Å². The van der Waals surface area contributed by atoms with Gasteiger partial charge >= 0.3 is 0 Å². The highest BCUT2D eigenvalue weighted by molar-refractivity contribution is 6.33. The van der Waals surface area contributed by atoms with Crippen LogP contribution in [-0.2, 0) is 19.1 Å². The second kappa shape index (κ2) is 11.3. The fourth-order valence-electron chi connectivity index (χ4n) is 6.91. The van der Waals surface area contributed by atoms with E-state index in [0.717, 1.165) is 12.8 Å². The summed E-state index contributed by atoms with van der Waals surface area (Å²) in [7, 11) is 0. The average molecular weight is 554 g/mol. The highest BCUT2D eigenvalue weighted by atomic mass is 35.5. The minimum absolute atomic E-state index is 0.127. The third-order valence-electron chi connectivity index (χ3n) is 8.69. The number of ether oxygens (including phenoxy) is 1. The molecule has 39 heavy (non-hydrogen) atoms. The molecule has 1 spiro atoms. The zero-order chi connectivity index (χ0) is 27.6. The Balaban J connectivity index is 1.48. The van der Waals surface area contributed by atoms with Crippen LogP contribution in [0.3, 0.4) is 0 Å². The molecular weight excluding hydrogens is 518 g/mol. The van der Waals surface area contributed by atoms with Gasteiger partial charge in [-0.05, 0) is 56.4 Å². The van der Waals surface area contributed by atoms with Gasteiger partial charge in [-0.25, -0.2) is 0 Å². The van der Waals surface area contributed by atoms with Crippen molar-refractivity contribution < 1.29 is 24.2 Å². The van der Waals surface area contributed by atoms with Crippen molar-refractivity contribution in [2.75, 3.05) is 23.8 Å². The van der Waals surface area contributed by atoms with E-state index in [1.807, 2.05) is 37.3 Å². The van der Waals surface area contributed by atoms with Crippen LogP contribution in [0, 0.1) is 11.8 Å². The van der Waals surface area contributed by atoms with E-state index in [1.165, 1.54) is 0 Å². The minimum atomic E-state index is -1.10. The molecule has 2 aromatic rings. The lowest BCUT2D eigenvalue weighted by Crippen LogP contribution is -2.53. The molecule has 0 radical (unpaired) electrons. The van der Waals surface area contributed by atoms with Gasteiger partial charge in [0.15, 0.2) is 0 Å². The van der Waals surface area contributed by atoms with Gasteiger partial charge in [0.1, 0.15) is 11.6 Å². The molecule has 3 amide bonds. The van der Waals surface area contributed by atoms with Crippen LogP contribution in [0.15, 0.2) is 54.6 Å². The first-order valence-corrected chi connectivity index (χ1v) is 14.3. The summed E-state index contributed by atoms with van der Waals surface area (Å²) in [5.74, 6) is -2.28. The highest BCUT2D eigenvalue weighted by Gasteiger charge is 2.78. The van der Waals surface area contributed by atoms with Crippen molar-refractivity contribution in [2.24, 2.45) is 11.8 Å². The van der Waals surface area contributed by atoms with Crippen molar-refractivity contribution >= 4 is 40.7 Å². The van der Waals surface area contributed by atoms with Gasteiger partial charge in [-0.3, -0.25) is 14.4 Å². The number of carbonyl (C=O) groups excluding carboxylic acids is 3. The highest BCUT2D eigenvalue weighted by Crippen LogP contribution is 2.64. The fraction of sp³-hybridized carbons (Fsp3) is 0.500. The lowest BCUT2D eigenvalue weighted by molar-refractivity contribution is -0.144. The lowest BCUT2D eigenvalue weighted by Gasteiger charge is -2.34. The molecule has 3 N–H and O–H groups in total. The van der Waals surface area contributed by atoms with E-state index in [0.29, 0.717) is 55.0 Å². The summed E-state index contributed by atoms with van der Waals surface area (Å²) in [6.45, 7) is 2.48. The largest absolute Gasteiger partial charge is 0.396 e. The number of aliphatic hydroxyl groups excluding tert-OH is 1. The van der Waals surface area contributed by atoms with Crippen LogP contribution in [0.1, 0.15) is 51.9 Å². The first kappa shape index (κ1) is 27.6. The van der Waals surface area contributed by atoms with Crippen LogP contribution in [0.2, 0.25) is 5.02 Å². The van der Waals surface area contributed by atoms with Crippen molar-refractivity contribution in [1.82, 2.24) is 4.90 Å². The number of aliphatic hydroxyl groups is 1. The quantitative estimate of drug-likeness (QED) is 0.352. The normalized spacial score (nSPS) is 28.9. The first-order valence-electron chi connectivity index (χ1n) is 13.9. The number of carbonyl (C=O) groups is 3. The van der Waals surface area contributed by atoms with E-state index in [1.54, 1.807) is 29.2 Å². The number of benzene rings is 2. The number of amides is 3. The van der Waals surface area contributed by atoms with Crippen LogP contribution in [0.5, 0.6) is 0 Å². The number of unbranched alkanes of at least 4 members (excludes halogenated alkanes) is 3. The monoisotopic (exact) mass is 553 g/mol. The maximum absolute atomic E-state index is 14.2. The summed E-state index contributed by atoms with van der Waals surface area (Å²) in [4.78, 5) is 43.6. The van der Waals surface area contributed by atoms with Crippen molar-refractivity contribution in [3.8, 4) is 0 Å². The molecule has 2 aromatic carbocycles. The standard InChI is InChI=1S/C30H36ClN3O5/c1-2-29-16-17-30(39-29)24(23(29)26(36)32-20-12-6-5-7-13-20)28(38)34(18-10-3-4-11-19-35)25(30)27(37)33-22-15-9-8-14-21(22)31/h5-9,12-15,23-25,35H,2-4,10-11,16-19H2,1H3,(H,32,36)(H,33,37)/t23-,24-,25?,29+,30?/m0/s1. The molecule has 3 heterocycles. The third kappa shape index (κ3) is 4.83. The molecule has 5 rings (SSSR count). The molecule has 0 aromatic heterocycles. The second-order valence-electron chi connectivity index (χ2n) is 10.8. The molecular formula is C30H36ClN3O5. The van der Waals surface area contributed by atoms with E-state index < -0.39 is 29.1 Å². The molecule has 208 valence electrons. The Morgan fingerprint density at radius 1 is 1.00 bits per heavy atom. The number of fused-ring (bicyclic) bond motifs is 1. The van der Waals surface area contributed by atoms with Gasteiger partial charge in [-0.2, -0.15) is 0 Å². The second-order valence-corrected chi connectivity index (χ2v) is 11.2. The molecule has 3 aliphatic rings. The molecule has 3 aliphatic heterocycles. The Kier molecular flexibility index (Phi) is 7.99. The van der Waals surface area contributed by atoms with E-state index in [2.05, 4.69) is 10.6 Å². The predicted octanol–water partition coefficient (Wildman–Crippen LogP) is 4.62. The van der Waals surface area contributed by atoms with E-state index >= 15 is 0 Å². The van der Waals surface area contributed by atoms with Gasteiger partial charge in [0.05, 0.1) is 28.1 Å². The molecule has 2 bridgehead atoms. The molecule has 0 saturated carbocycles. The number of halogens is 1. The molecule has 2 unspecified atom stereocenters. The fourth-order valence-corrected chi connectivity index (χ4v) is 7.09. The van der Waals surface area contributed by atoms with Gasteiger partial charge in [0, 0.05) is 18.8 Å². The number of anilines is 2. The number of para-hydroxylation sites is 2. The molecule has 3 fully saturated rings. The number of likely N-dealkylation sites (tertiary alicyclic amines) is 1. The van der Waals surface area contributed by atoms with E-state index in [4.69, 9.17) is 21.4 Å². The van der Waals surface area contributed by atoms with Crippen molar-refractivity contribution in [1.29, 1.82) is 0 Å². The summed E-state index contributed by atoms with van der Waals surface area (Å²) in [6.07, 6.45) is 4.71.